The molecule has 1 aromatic rings. The summed E-state index contributed by atoms with van der Waals surface area (Å²) in [5.74, 6) is -0.194. The molecule has 3 nitrogen and oxygen atoms in total. The number of hydrogen-bond acceptors (Lipinski definition) is 3. The van der Waals surface area contributed by atoms with Crippen LogP contribution in [0.5, 0.6) is 0 Å². The average Bonchev–Trinajstić information content (AvgIpc) is 2.31. The quantitative estimate of drug-likeness (QED) is 0.842. The zero-order chi connectivity index (χ0) is 12.4. The van der Waals surface area contributed by atoms with Crippen molar-refractivity contribution in [1.82, 2.24) is 4.90 Å². The van der Waals surface area contributed by atoms with Gasteiger partial charge in [-0.25, -0.2) is 4.39 Å². The number of nitrogens with zero attached hydrogens (tertiary/aromatic N) is 2. The first kappa shape index (κ1) is 12.3. The lowest BCUT2D eigenvalue weighted by molar-refractivity contribution is 0.121. The topological polar surface area (TPSA) is 26.7 Å². The normalized spacial score (nSPS) is 26.2. The van der Waals surface area contributed by atoms with Gasteiger partial charge in [-0.1, -0.05) is 12.1 Å². The van der Waals surface area contributed by atoms with Crippen LogP contribution in [0.15, 0.2) is 24.3 Å². The van der Waals surface area contributed by atoms with Crippen molar-refractivity contribution >= 4 is 5.69 Å². The van der Waals surface area contributed by atoms with Crippen LogP contribution >= 0.6 is 0 Å². The Balaban J connectivity index is 2.23. The maximum absolute atomic E-state index is 13.8. The molecule has 1 aliphatic heterocycles. The van der Waals surface area contributed by atoms with E-state index in [1.807, 2.05) is 18.0 Å². The van der Waals surface area contributed by atoms with E-state index >= 15 is 0 Å². The molecule has 1 aliphatic rings. The molecule has 1 aromatic carbocycles. The van der Waals surface area contributed by atoms with Crippen molar-refractivity contribution < 1.29 is 9.50 Å². The molecule has 0 aliphatic carbocycles. The fourth-order valence-corrected chi connectivity index (χ4v) is 2.43. The molecule has 0 bridgehead atoms. The Morgan fingerprint density at radius 3 is 2.71 bits per heavy atom. The van der Waals surface area contributed by atoms with Gasteiger partial charge in [0, 0.05) is 19.1 Å². The molecule has 2 unspecified atom stereocenters. The van der Waals surface area contributed by atoms with Crippen LogP contribution in [0.3, 0.4) is 0 Å². The van der Waals surface area contributed by atoms with E-state index in [4.69, 9.17) is 0 Å². The molecule has 0 aromatic heterocycles. The lowest BCUT2D eigenvalue weighted by Crippen LogP contribution is -2.57. The standard InChI is InChI=1S/C13H19FN2O/c1-10-7-15(2)11(9-17)8-16(10)13-6-4-3-5-12(13)14/h3-6,10-11,17H,7-9H2,1-2H3. The summed E-state index contributed by atoms with van der Waals surface area (Å²) in [6.07, 6.45) is 0. The predicted molar refractivity (Wildman–Crippen MR) is 66.7 cm³/mol. The van der Waals surface area contributed by atoms with Gasteiger partial charge in [-0.2, -0.15) is 0 Å². The Labute approximate surface area is 101 Å². The Kier molecular flexibility index (Phi) is 3.64. The van der Waals surface area contributed by atoms with Gasteiger partial charge in [-0.05, 0) is 26.1 Å². The number of anilines is 1. The first-order chi connectivity index (χ1) is 8.13. The van der Waals surface area contributed by atoms with Crippen molar-refractivity contribution in [2.75, 3.05) is 31.6 Å². The number of likely N-dealkylation sites (N-methyl/N-ethyl adjacent to an activating group) is 1. The highest BCUT2D eigenvalue weighted by atomic mass is 19.1. The molecular weight excluding hydrogens is 219 g/mol. The van der Waals surface area contributed by atoms with E-state index in [0.717, 1.165) is 6.54 Å². The number of rotatable bonds is 2. The van der Waals surface area contributed by atoms with Crippen molar-refractivity contribution in [1.29, 1.82) is 0 Å². The Morgan fingerprint density at radius 2 is 2.06 bits per heavy atom. The second kappa shape index (κ2) is 5.02. The van der Waals surface area contributed by atoms with E-state index in [0.29, 0.717) is 12.2 Å². The zero-order valence-electron chi connectivity index (χ0n) is 10.3. The summed E-state index contributed by atoms with van der Waals surface area (Å²) in [4.78, 5) is 4.16. The van der Waals surface area contributed by atoms with Crippen molar-refractivity contribution in [2.24, 2.45) is 0 Å². The van der Waals surface area contributed by atoms with Crippen LogP contribution in [0.2, 0.25) is 0 Å². The van der Waals surface area contributed by atoms with Crippen LogP contribution in [-0.4, -0.2) is 48.8 Å². The predicted octanol–water partition coefficient (Wildman–Crippen LogP) is 1.33. The SMILES string of the molecule is CC1CN(C)C(CO)CN1c1ccccc1F. The lowest BCUT2D eigenvalue weighted by atomic mass is 10.1. The minimum absolute atomic E-state index is 0.0748. The number of aliphatic hydroxyl groups is 1. The zero-order valence-corrected chi connectivity index (χ0v) is 10.3. The first-order valence-electron chi connectivity index (χ1n) is 5.95. The van der Waals surface area contributed by atoms with E-state index in [2.05, 4.69) is 11.8 Å². The summed E-state index contributed by atoms with van der Waals surface area (Å²) in [6, 6.07) is 7.14. The molecule has 1 N–H and O–H groups in total. The van der Waals surface area contributed by atoms with Crippen molar-refractivity contribution in [3.63, 3.8) is 0 Å². The smallest absolute Gasteiger partial charge is 0.146 e. The van der Waals surface area contributed by atoms with Gasteiger partial charge >= 0.3 is 0 Å². The molecule has 1 saturated heterocycles. The molecular formula is C13H19FN2O. The fraction of sp³-hybridized carbons (Fsp3) is 0.538. The Hall–Kier alpha value is -1.13. The largest absolute Gasteiger partial charge is 0.395 e. The number of para-hydroxylation sites is 1. The molecule has 2 rings (SSSR count). The molecule has 94 valence electrons. The summed E-state index contributed by atoms with van der Waals surface area (Å²) < 4.78 is 13.8. The van der Waals surface area contributed by atoms with E-state index < -0.39 is 0 Å². The molecule has 2 atom stereocenters. The monoisotopic (exact) mass is 238 g/mol. The third-order valence-corrected chi connectivity index (χ3v) is 3.49. The van der Waals surface area contributed by atoms with Gasteiger partial charge in [-0.15, -0.1) is 0 Å². The van der Waals surface area contributed by atoms with Gasteiger partial charge < -0.3 is 10.0 Å². The van der Waals surface area contributed by atoms with Gasteiger partial charge in [0.15, 0.2) is 0 Å². The van der Waals surface area contributed by atoms with Gasteiger partial charge in [0.05, 0.1) is 18.3 Å². The van der Waals surface area contributed by atoms with Gasteiger partial charge in [0.2, 0.25) is 0 Å². The molecule has 1 heterocycles. The first-order valence-corrected chi connectivity index (χ1v) is 5.95. The molecule has 0 saturated carbocycles. The molecule has 0 amide bonds. The van der Waals surface area contributed by atoms with Crippen molar-refractivity contribution in [3.8, 4) is 0 Å². The van der Waals surface area contributed by atoms with Crippen LogP contribution in [0.25, 0.3) is 0 Å². The van der Waals surface area contributed by atoms with Gasteiger partial charge in [0.1, 0.15) is 5.82 Å². The van der Waals surface area contributed by atoms with Crippen LogP contribution in [0, 0.1) is 5.82 Å². The minimum Gasteiger partial charge on any atom is -0.395 e. The highest BCUT2D eigenvalue weighted by molar-refractivity contribution is 5.49. The second-order valence-electron chi connectivity index (χ2n) is 4.73. The highest BCUT2D eigenvalue weighted by Gasteiger charge is 2.29. The summed E-state index contributed by atoms with van der Waals surface area (Å²) in [6.45, 7) is 3.68. The van der Waals surface area contributed by atoms with Crippen molar-refractivity contribution in [2.45, 2.75) is 19.0 Å². The third-order valence-electron chi connectivity index (χ3n) is 3.49. The van der Waals surface area contributed by atoms with Crippen LogP contribution < -0.4 is 4.90 Å². The molecule has 0 radical (unpaired) electrons. The Morgan fingerprint density at radius 1 is 1.35 bits per heavy atom. The maximum atomic E-state index is 13.8. The van der Waals surface area contributed by atoms with E-state index in [9.17, 15) is 9.50 Å². The molecule has 17 heavy (non-hydrogen) atoms. The third kappa shape index (κ3) is 2.42. The summed E-state index contributed by atoms with van der Waals surface area (Å²) >= 11 is 0. The van der Waals surface area contributed by atoms with Gasteiger partial charge in [-0.3, -0.25) is 4.90 Å². The number of hydrogen-bond donors (Lipinski definition) is 1. The Bertz CT molecular complexity index is 385. The van der Waals surface area contributed by atoms with Crippen LogP contribution in [0.1, 0.15) is 6.92 Å². The number of halogens is 1. The van der Waals surface area contributed by atoms with Gasteiger partial charge in [0.25, 0.3) is 0 Å². The van der Waals surface area contributed by atoms with E-state index in [1.54, 1.807) is 12.1 Å². The molecule has 4 heteroatoms. The molecule has 0 spiro atoms. The van der Waals surface area contributed by atoms with E-state index in [-0.39, 0.29) is 24.5 Å². The van der Waals surface area contributed by atoms with E-state index in [1.165, 1.54) is 6.07 Å². The van der Waals surface area contributed by atoms with Crippen LogP contribution in [-0.2, 0) is 0 Å². The highest BCUT2D eigenvalue weighted by Crippen LogP contribution is 2.25. The average molecular weight is 238 g/mol. The van der Waals surface area contributed by atoms with Crippen LogP contribution in [0.4, 0.5) is 10.1 Å². The minimum atomic E-state index is -0.194. The summed E-state index contributed by atoms with van der Waals surface area (Å²) in [5.41, 5.74) is 0.631. The number of benzene rings is 1. The fourth-order valence-electron chi connectivity index (χ4n) is 2.43. The summed E-state index contributed by atoms with van der Waals surface area (Å²) in [7, 11) is 2.00. The molecule has 1 fully saturated rings. The number of piperazine rings is 1. The number of aliphatic hydroxyl groups excluding tert-OH is 1. The lowest BCUT2D eigenvalue weighted by Gasteiger charge is -2.44. The summed E-state index contributed by atoms with van der Waals surface area (Å²) in [5, 5.41) is 9.32. The second-order valence-corrected chi connectivity index (χ2v) is 4.73. The van der Waals surface area contributed by atoms with Crippen molar-refractivity contribution in [3.05, 3.63) is 30.1 Å². The maximum Gasteiger partial charge on any atom is 0.146 e.